The molecule has 0 saturated heterocycles. The number of thioether (sulfide) groups is 1. The smallest absolute Gasteiger partial charge is 0.400 e. The number of ether oxygens (including phenoxy) is 2. The molecule has 1 atom stereocenters. The van der Waals surface area contributed by atoms with Crippen LogP contribution in [0.25, 0.3) is 0 Å². The minimum absolute atomic E-state index is 0.00760. The summed E-state index contributed by atoms with van der Waals surface area (Å²) in [4.78, 5) is 30.8. The number of esters is 2. The van der Waals surface area contributed by atoms with Gasteiger partial charge in [-0.05, 0) is 47.7 Å². The number of hydrogen-bond acceptors (Lipinski definition) is 7. The lowest BCUT2D eigenvalue weighted by molar-refractivity contribution is -0.183. The van der Waals surface area contributed by atoms with Crippen molar-refractivity contribution in [2.45, 2.75) is 64.7 Å². The first kappa shape index (κ1) is 42.3. The third-order valence-corrected chi connectivity index (χ3v) is 11.2. The molecule has 4 rings (SSSR count). The average molecular weight is 898 g/mol. The Balaban J connectivity index is 0.000000286. The van der Waals surface area contributed by atoms with E-state index in [2.05, 4.69) is 56.5 Å². The molecule has 0 saturated carbocycles. The van der Waals surface area contributed by atoms with Crippen LogP contribution in [0.3, 0.4) is 0 Å². The van der Waals surface area contributed by atoms with Crippen molar-refractivity contribution in [3.05, 3.63) is 101 Å². The Hall–Kier alpha value is -2.16. The van der Waals surface area contributed by atoms with Gasteiger partial charge in [0, 0.05) is 67.8 Å². The lowest BCUT2D eigenvalue weighted by Crippen LogP contribution is -2.43. The third kappa shape index (κ3) is 11.9. The van der Waals surface area contributed by atoms with Gasteiger partial charge in [0.05, 0.1) is 19.7 Å². The van der Waals surface area contributed by atoms with Crippen molar-refractivity contribution < 1.29 is 32.2 Å². The summed E-state index contributed by atoms with van der Waals surface area (Å²) < 4.78 is 54.0. The van der Waals surface area contributed by atoms with E-state index in [1.807, 2.05) is 24.5 Å². The second kappa shape index (κ2) is 18.0. The van der Waals surface area contributed by atoms with Gasteiger partial charge in [0.2, 0.25) is 0 Å². The number of alkyl halides is 3. The molecule has 0 aromatic heterocycles. The molecule has 0 fully saturated rings. The molecule has 270 valence electrons. The summed E-state index contributed by atoms with van der Waals surface area (Å²) in [5.41, 5.74) is 1.44. The highest BCUT2D eigenvalue weighted by atomic mass is 79.9. The van der Waals surface area contributed by atoms with Gasteiger partial charge < -0.3 is 9.47 Å². The summed E-state index contributed by atoms with van der Waals surface area (Å²) in [6.07, 6.45) is -1.90. The Morgan fingerprint density at radius 1 is 0.920 bits per heavy atom. The van der Waals surface area contributed by atoms with Crippen LogP contribution >= 0.6 is 66.8 Å². The molecule has 15 heteroatoms. The zero-order chi connectivity index (χ0) is 37.4. The summed E-state index contributed by atoms with van der Waals surface area (Å²) >= 11 is 20.5. The Morgan fingerprint density at radius 2 is 1.46 bits per heavy atom. The SMILES string of the molecule is CC(=O)OCc1ccc(C2=NCC(c3cc(Cl)cc(Cl)c3)(C(F)(F)F)C2)cc1Br.CSC(=NC[Si](C)(C)C)c1ccc(COC(C)=O)c(Br)c1. The van der Waals surface area contributed by atoms with Crippen LogP contribution in [0, 0.1) is 0 Å². The Bertz CT molecular complexity index is 1770. The number of aliphatic imine (C=N–C) groups is 2. The van der Waals surface area contributed by atoms with Crippen molar-refractivity contribution >= 4 is 97.6 Å². The minimum Gasteiger partial charge on any atom is -0.461 e. The number of carbonyl (C=O) groups excluding carboxylic acids is 2. The molecule has 0 spiro atoms. The van der Waals surface area contributed by atoms with Gasteiger partial charge in [0.15, 0.2) is 0 Å². The van der Waals surface area contributed by atoms with Crippen molar-refractivity contribution in [1.29, 1.82) is 0 Å². The van der Waals surface area contributed by atoms with E-state index >= 15 is 0 Å². The molecular formula is C35H37Br2Cl2F3N2O4SSi. The summed E-state index contributed by atoms with van der Waals surface area (Å²) in [5.74, 6) is -0.691. The van der Waals surface area contributed by atoms with E-state index < -0.39 is 32.2 Å². The first-order valence-electron chi connectivity index (χ1n) is 15.2. The van der Waals surface area contributed by atoms with Crippen molar-refractivity contribution in [2.75, 3.05) is 19.0 Å². The number of carbonyl (C=O) groups is 2. The van der Waals surface area contributed by atoms with E-state index in [4.69, 9.17) is 37.7 Å². The first-order valence-corrected chi connectivity index (χ1v) is 22.5. The van der Waals surface area contributed by atoms with Crippen LogP contribution < -0.4 is 0 Å². The van der Waals surface area contributed by atoms with Crippen LogP contribution in [0.15, 0.2) is 73.5 Å². The van der Waals surface area contributed by atoms with Gasteiger partial charge in [-0.2, -0.15) is 13.2 Å². The molecule has 1 unspecified atom stereocenters. The van der Waals surface area contributed by atoms with Crippen molar-refractivity contribution in [1.82, 2.24) is 0 Å². The number of nitrogens with zero attached hydrogens (tertiary/aromatic N) is 2. The van der Waals surface area contributed by atoms with Gasteiger partial charge in [0.25, 0.3) is 0 Å². The van der Waals surface area contributed by atoms with E-state index in [0.717, 1.165) is 26.8 Å². The second-order valence-corrected chi connectivity index (χ2v) is 21.6. The molecule has 3 aromatic rings. The average Bonchev–Trinajstić information content (AvgIpc) is 3.47. The van der Waals surface area contributed by atoms with E-state index in [-0.39, 0.29) is 41.2 Å². The molecule has 50 heavy (non-hydrogen) atoms. The fourth-order valence-corrected chi connectivity index (χ4v) is 7.60. The predicted molar refractivity (Wildman–Crippen MR) is 208 cm³/mol. The predicted octanol–water partition coefficient (Wildman–Crippen LogP) is 11.0. The van der Waals surface area contributed by atoms with Crippen LogP contribution in [-0.4, -0.2) is 55.9 Å². The van der Waals surface area contributed by atoms with Crippen LogP contribution in [-0.2, 0) is 37.7 Å². The summed E-state index contributed by atoms with van der Waals surface area (Å²) in [6.45, 7) is 9.56. The second-order valence-electron chi connectivity index (χ2n) is 12.7. The molecule has 0 aliphatic carbocycles. The van der Waals surface area contributed by atoms with Gasteiger partial charge in [-0.3, -0.25) is 19.6 Å². The zero-order valence-corrected chi connectivity index (χ0v) is 34.8. The van der Waals surface area contributed by atoms with Crippen molar-refractivity contribution in [2.24, 2.45) is 9.98 Å². The first-order chi connectivity index (χ1) is 23.2. The maximum absolute atomic E-state index is 14.2. The Labute approximate surface area is 322 Å². The highest BCUT2D eigenvalue weighted by Crippen LogP contribution is 2.49. The van der Waals surface area contributed by atoms with Crippen LogP contribution in [0.1, 0.15) is 48.1 Å². The molecule has 1 heterocycles. The molecule has 3 aromatic carbocycles. The third-order valence-electron chi connectivity index (χ3n) is 7.41. The topological polar surface area (TPSA) is 77.3 Å². The van der Waals surface area contributed by atoms with Crippen molar-refractivity contribution in [3.63, 3.8) is 0 Å². The number of hydrogen-bond donors (Lipinski definition) is 0. The highest BCUT2D eigenvalue weighted by Gasteiger charge is 2.58. The molecular weight excluding hydrogens is 860 g/mol. The van der Waals surface area contributed by atoms with E-state index in [1.165, 1.54) is 32.0 Å². The van der Waals surface area contributed by atoms with Crippen molar-refractivity contribution in [3.8, 4) is 0 Å². The quantitative estimate of drug-likeness (QED) is 0.0925. The standard InChI is InChI=1S/C20H15BrCl2F3NO2.C15H22BrNO2SSi/c1-11(28)29-9-13-3-2-12(4-17(13)21)18-8-19(10-27-18,20(24,25)26)14-5-15(22)7-16(23)6-14;1-11(18)19-9-13-7-6-12(8-14(13)16)15(20-2)17-10-21(3,4)5/h2-7H,8-10H2,1H3;6-8H,9-10H2,1-5H3. The highest BCUT2D eigenvalue weighted by molar-refractivity contribution is 9.10. The van der Waals surface area contributed by atoms with Gasteiger partial charge in [-0.15, -0.1) is 11.8 Å². The van der Waals surface area contributed by atoms with Gasteiger partial charge in [0.1, 0.15) is 18.6 Å². The zero-order valence-electron chi connectivity index (χ0n) is 28.3. The Morgan fingerprint density at radius 3 is 1.92 bits per heavy atom. The van der Waals surface area contributed by atoms with Crippen LogP contribution in [0.4, 0.5) is 13.2 Å². The number of halogens is 7. The van der Waals surface area contributed by atoms with E-state index in [9.17, 15) is 22.8 Å². The molecule has 1 aliphatic rings. The maximum Gasteiger partial charge on any atom is 0.400 e. The summed E-state index contributed by atoms with van der Waals surface area (Å²) in [7, 11) is -1.19. The van der Waals surface area contributed by atoms with Crippen LogP contribution in [0.5, 0.6) is 0 Å². The normalized spacial score (nSPS) is 16.3. The summed E-state index contributed by atoms with van der Waals surface area (Å²) in [5, 5.41) is 1.33. The van der Waals surface area contributed by atoms with E-state index in [1.54, 1.807) is 30.0 Å². The fraction of sp³-hybridized carbons (Fsp3) is 0.371. The maximum atomic E-state index is 14.2. The van der Waals surface area contributed by atoms with Gasteiger partial charge >= 0.3 is 18.1 Å². The fourth-order valence-electron chi connectivity index (χ4n) is 4.78. The molecule has 1 aliphatic heterocycles. The molecule has 0 bridgehead atoms. The number of benzene rings is 3. The van der Waals surface area contributed by atoms with Crippen LogP contribution in [0.2, 0.25) is 29.7 Å². The number of rotatable bonds is 9. The monoisotopic (exact) mass is 894 g/mol. The molecule has 6 nitrogen and oxygen atoms in total. The minimum atomic E-state index is -4.54. The van der Waals surface area contributed by atoms with Gasteiger partial charge in [-0.1, -0.05) is 99.0 Å². The van der Waals surface area contributed by atoms with E-state index in [0.29, 0.717) is 21.3 Å². The van der Waals surface area contributed by atoms with Gasteiger partial charge in [-0.25, -0.2) is 0 Å². The molecule has 0 amide bonds. The molecule has 0 radical (unpaired) electrons. The lowest BCUT2D eigenvalue weighted by atomic mass is 9.76. The Kier molecular flexibility index (Phi) is 15.3. The molecule has 0 N–H and O–H groups in total. The largest absolute Gasteiger partial charge is 0.461 e. The lowest BCUT2D eigenvalue weighted by Gasteiger charge is -2.31. The summed E-state index contributed by atoms with van der Waals surface area (Å²) in [6, 6.07) is 15.1.